The molecule has 0 saturated heterocycles. The molecule has 0 fully saturated rings. The van der Waals surface area contributed by atoms with E-state index in [0.29, 0.717) is 34.9 Å². The van der Waals surface area contributed by atoms with E-state index in [1.807, 2.05) is 6.92 Å². The summed E-state index contributed by atoms with van der Waals surface area (Å²) in [6, 6.07) is 11.9. The minimum absolute atomic E-state index is 0.0507. The van der Waals surface area contributed by atoms with Crippen LogP contribution in [-0.4, -0.2) is 25.4 Å². The van der Waals surface area contributed by atoms with Gasteiger partial charge in [-0.05, 0) is 43.7 Å². The number of carbonyl (C=O) groups is 2. The number of carbonyl (C=O) groups excluding carboxylic acids is 2. The molecule has 0 atom stereocenters. The van der Waals surface area contributed by atoms with Crippen LogP contribution < -0.4 is 14.8 Å². The highest BCUT2D eigenvalue weighted by atomic mass is 16.5. The summed E-state index contributed by atoms with van der Waals surface area (Å²) in [7, 11) is 1.53. The summed E-state index contributed by atoms with van der Waals surface area (Å²) in [5.41, 5.74) is 1.57. The number of hydrogen-bond donors (Lipinski definition) is 1. The lowest BCUT2D eigenvalue weighted by Gasteiger charge is -2.12. The van der Waals surface area contributed by atoms with Crippen LogP contribution in [0.15, 0.2) is 42.5 Å². The summed E-state index contributed by atoms with van der Waals surface area (Å²) in [6.07, 6.45) is 0.887. The highest BCUT2D eigenvalue weighted by molar-refractivity contribution is 6.05. The molecule has 0 saturated carbocycles. The van der Waals surface area contributed by atoms with Gasteiger partial charge in [0, 0.05) is 16.8 Å². The molecular formula is C19H21NO4. The van der Waals surface area contributed by atoms with E-state index in [-0.39, 0.29) is 11.7 Å². The molecule has 2 aromatic carbocycles. The first-order valence-corrected chi connectivity index (χ1v) is 7.78. The number of methoxy groups -OCH3 is 1. The number of amides is 1. The third kappa shape index (κ3) is 4.35. The van der Waals surface area contributed by atoms with Crippen LogP contribution in [0.4, 0.5) is 5.69 Å². The van der Waals surface area contributed by atoms with Crippen LogP contribution in [0.1, 0.15) is 41.0 Å². The summed E-state index contributed by atoms with van der Waals surface area (Å²) in [5.74, 6) is 0.782. The fraction of sp³-hybridized carbons (Fsp3) is 0.263. The van der Waals surface area contributed by atoms with Crippen LogP contribution in [0.3, 0.4) is 0 Å². The van der Waals surface area contributed by atoms with Crippen molar-refractivity contribution in [1.29, 1.82) is 0 Å². The molecule has 0 spiro atoms. The van der Waals surface area contributed by atoms with Crippen molar-refractivity contribution in [3.05, 3.63) is 53.6 Å². The Kier molecular flexibility index (Phi) is 5.95. The molecule has 5 heteroatoms. The molecule has 2 aromatic rings. The highest BCUT2D eigenvalue weighted by Gasteiger charge is 2.12. The van der Waals surface area contributed by atoms with Crippen LogP contribution in [0.25, 0.3) is 0 Å². The van der Waals surface area contributed by atoms with Crippen molar-refractivity contribution >= 4 is 17.4 Å². The van der Waals surface area contributed by atoms with E-state index in [4.69, 9.17) is 9.47 Å². The predicted octanol–water partition coefficient (Wildman–Crippen LogP) is 3.94. The van der Waals surface area contributed by atoms with Crippen LogP contribution in [0.5, 0.6) is 11.5 Å². The van der Waals surface area contributed by atoms with Crippen LogP contribution in [0, 0.1) is 0 Å². The zero-order valence-corrected chi connectivity index (χ0v) is 14.1. The average molecular weight is 327 g/mol. The van der Waals surface area contributed by atoms with Gasteiger partial charge in [0.15, 0.2) is 17.3 Å². The van der Waals surface area contributed by atoms with Gasteiger partial charge < -0.3 is 14.8 Å². The van der Waals surface area contributed by atoms with Gasteiger partial charge in [0.05, 0.1) is 13.7 Å². The second kappa shape index (κ2) is 8.15. The first kappa shape index (κ1) is 17.5. The van der Waals surface area contributed by atoms with Crippen molar-refractivity contribution < 1.29 is 19.1 Å². The molecule has 0 unspecified atom stereocenters. The van der Waals surface area contributed by atoms with Gasteiger partial charge in [-0.25, -0.2) is 0 Å². The molecule has 0 aromatic heterocycles. The largest absolute Gasteiger partial charge is 0.493 e. The standard InChI is InChI=1S/C19H21NO4/c1-4-10-24-17-9-8-15(12-18(17)23-3)19(22)20-16-7-5-6-14(11-16)13(2)21/h5-9,11-12H,4,10H2,1-3H3,(H,20,22). The number of Topliss-reactive ketones (excluding diaryl/α,β-unsaturated/α-hetero) is 1. The Morgan fingerprint density at radius 3 is 2.50 bits per heavy atom. The second-order valence-electron chi connectivity index (χ2n) is 5.31. The molecule has 24 heavy (non-hydrogen) atoms. The molecule has 0 aliphatic rings. The van der Waals surface area contributed by atoms with Gasteiger partial charge in [0.25, 0.3) is 5.91 Å². The number of anilines is 1. The maximum atomic E-state index is 12.4. The number of hydrogen-bond acceptors (Lipinski definition) is 4. The first-order chi connectivity index (χ1) is 11.5. The normalized spacial score (nSPS) is 10.1. The monoisotopic (exact) mass is 327 g/mol. The zero-order valence-electron chi connectivity index (χ0n) is 14.1. The molecule has 1 amide bonds. The van der Waals surface area contributed by atoms with Gasteiger partial charge in [-0.15, -0.1) is 0 Å². The number of rotatable bonds is 7. The summed E-state index contributed by atoms with van der Waals surface area (Å²) in [5, 5.41) is 2.78. The van der Waals surface area contributed by atoms with Crippen molar-refractivity contribution in [1.82, 2.24) is 0 Å². The topological polar surface area (TPSA) is 64.6 Å². The fourth-order valence-corrected chi connectivity index (χ4v) is 2.16. The minimum atomic E-state index is -0.281. The Morgan fingerprint density at radius 1 is 1.04 bits per heavy atom. The fourth-order valence-electron chi connectivity index (χ4n) is 2.16. The van der Waals surface area contributed by atoms with E-state index in [1.165, 1.54) is 14.0 Å². The van der Waals surface area contributed by atoms with Gasteiger partial charge in [0.2, 0.25) is 0 Å². The van der Waals surface area contributed by atoms with E-state index < -0.39 is 0 Å². The maximum absolute atomic E-state index is 12.4. The summed E-state index contributed by atoms with van der Waals surface area (Å²) in [4.78, 5) is 23.8. The Balaban J connectivity index is 2.17. The first-order valence-electron chi connectivity index (χ1n) is 7.78. The van der Waals surface area contributed by atoms with E-state index in [9.17, 15) is 9.59 Å². The molecule has 126 valence electrons. The Bertz CT molecular complexity index is 740. The van der Waals surface area contributed by atoms with Crippen LogP contribution in [-0.2, 0) is 0 Å². The number of benzene rings is 2. The van der Waals surface area contributed by atoms with E-state index >= 15 is 0 Å². The smallest absolute Gasteiger partial charge is 0.255 e. The quantitative estimate of drug-likeness (QED) is 0.782. The molecular weight excluding hydrogens is 306 g/mol. The second-order valence-corrected chi connectivity index (χ2v) is 5.31. The minimum Gasteiger partial charge on any atom is -0.493 e. The lowest BCUT2D eigenvalue weighted by molar-refractivity contribution is 0.101. The third-order valence-corrected chi connectivity index (χ3v) is 3.41. The van der Waals surface area contributed by atoms with Gasteiger partial charge in [0.1, 0.15) is 0 Å². The number of ketones is 1. The maximum Gasteiger partial charge on any atom is 0.255 e. The van der Waals surface area contributed by atoms with E-state index in [0.717, 1.165) is 6.42 Å². The lowest BCUT2D eigenvalue weighted by Crippen LogP contribution is -2.12. The van der Waals surface area contributed by atoms with Crippen molar-refractivity contribution in [2.75, 3.05) is 19.0 Å². The van der Waals surface area contributed by atoms with Gasteiger partial charge in [-0.2, -0.15) is 0 Å². The molecule has 0 heterocycles. The molecule has 0 radical (unpaired) electrons. The zero-order chi connectivity index (χ0) is 17.5. The molecule has 2 rings (SSSR count). The predicted molar refractivity (Wildman–Crippen MR) is 93.2 cm³/mol. The lowest BCUT2D eigenvalue weighted by atomic mass is 10.1. The third-order valence-electron chi connectivity index (χ3n) is 3.41. The Hall–Kier alpha value is -2.82. The Morgan fingerprint density at radius 2 is 1.83 bits per heavy atom. The van der Waals surface area contributed by atoms with Gasteiger partial charge in [-0.1, -0.05) is 19.1 Å². The molecule has 1 N–H and O–H groups in total. The van der Waals surface area contributed by atoms with E-state index in [1.54, 1.807) is 42.5 Å². The average Bonchev–Trinajstić information content (AvgIpc) is 2.59. The number of ether oxygens (including phenoxy) is 2. The summed E-state index contributed by atoms with van der Waals surface area (Å²) < 4.78 is 10.9. The van der Waals surface area contributed by atoms with Gasteiger partial charge >= 0.3 is 0 Å². The highest BCUT2D eigenvalue weighted by Crippen LogP contribution is 2.28. The van der Waals surface area contributed by atoms with Crippen molar-refractivity contribution in [2.45, 2.75) is 20.3 Å². The molecule has 0 bridgehead atoms. The Labute approximate surface area is 141 Å². The van der Waals surface area contributed by atoms with Crippen molar-refractivity contribution in [3.8, 4) is 11.5 Å². The van der Waals surface area contributed by atoms with Gasteiger partial charge in [-0.3, -0.25) is 9.59 Å². The summed E-state index contributed by atoms with van der Waals surface area (Å²) in [6.45, 7) is 4.09. The molecule has 0 aliphatic carbocycles. The van der Waals surface area contributed by atoms with Crippen molar-refractivity contribution in [2.24, 2.45) is 0 Å². The van der Waals surface area contributed by atoms with Crippen LogP contribution in [0.2, 0.25) is 0 Å². The van der Waals surface area contributed by atoms with E-state index in [2.05, 4.69) is 5.32 Å². The molecule has 5 nitrogen and oxygen atoms in total. The molecule has 0 aliphatic heterocycles. The summed E-state index contributed by atoms with van der Waals surface area (Å²) >= 11 is 0. The van der Waals surface area contributed by atoms with Crippen molar-refractivity contribution in [3.63, 3.8) is 0 Å². The number of nitrogens with one attached hydrogen (secondary N) is 1. The SMILES string of the molecule is CCCOc1ccc(C(=O)Nc2cccc(C(C)=O)c2)cc1OC. The van der Waals surface area contributed by atoms with Crippen LogP contribution >= 0.6 is 0 Å².